The molecule has 1 N–H and O–H groups in total. The van der Waals surface area contributed by atoms with E-state index in [9.17, 15) is 0 Å². The van der Waals surface area contributed by atoms with Crippen LogP contribution in [-0.2, 0) is 13.0 Å². The molecule has 0 radical (unpaired) electrons. The molecule has 0 aliphatic rings. The molecule has 0 bridgehead atoms. The van der Waals surface area contributed by atoms with Crippen molar-refractivity contribution in [1.82, 2.24) is 25.1 Å². The second-order valence-electron chi connectivity index (χ2n) is 4.34. The Balaban J connectivity index is 2.37. The van der Waals surface area contributed by atoms with Crippen molar-refractivity contribution in [2.75, 3.05) is 7.05 Å². The molecular formula is C11H17N5. The lowest BCUT2D eigenvalue weighted by atomic mass is 10.1. The Morgan fingerprint density at radius 3 is 2.81 bits per heavy atom. The predicted octanol–water partition coefficient (Wildman–Crippen LogP) is 1.04. The average Bonchev–Trinajstić information content (AvgIpc) is 2.61. The molecule has 0 unspecified atom stereocenters. The Labute approximate surface area is 94.9 Å². The minimum atomic E-state index is 0.606. The summed E-state index contributed by atoms with van der Waals surface area (Å²) in [5, 5.41) is 15.8. The number of hydrogen-bond acceptors (Lipinski definition) is 4. The van der Waals surface area contributed by atoms with Crippen LogP contribution in [-0.4, -0.2) is 26.9 Å². The van der Waals surface area contributed by atoms with E-state index in [4.69, 9.17) is 0 Å². The fraction of sp³-hybridized carbons (Fsp3) is 0.545. The van der Waals surface area contributed by atoms with Gasteiger partial charge in [0.1, 0.15) is 0 Å². The first-order valence-electron chi connectivity index (χ1n) is 5.55. The predicted molar refractivity (Wildman–Crippen MR) is 62.1 cm³/mol. The van der Waals surface area contributed by atoms with Gasteiger partial charge in [0, 0.05) is 0 Å². The summed E-state index contributed by atoms with van der Waals surface area (Å²) >= 11 is 0. The normalized spacial score (nSPS) is 11.5. The first-order chi connectivity index (χ1) is 7.70. The zero-order valence-electron chi connectivity index (χ0n) is 9.94. The average molecular weight is 219 g/mol. The summed E-state index contributed by atoms with van der Waals surface area (Å²) in [5.74, 6) is 1.46. The van der Waals surface area contributed by atoms with Crippen molar-refractivity contribution in [3.8, 4) is 0 Å². The molecule has 0 aromatic carbocycles. The van der Waals surface area contributed by atoms with Gasteiger partial charge in [0.25, 0.3) is 0 Å². The third-order valence-corrected chi connectivity index (χ3v) is 2.33. The van der Waals surface area contributed by atoms with E-state index in [-0.39, 0.29) is 0 Å². The highest BCUT2D eigenvalue weighted by Crippen LogP contribution is 2.07. The summed E-state index contributed by atoms with van der Waals surface area (Å²) in [6.07, 6.45) is 0.979. The molecule has 2 aromatic rings. The van der Waals surface area contributed by atoms with Gasteiger partial charge in [0.05, 0.1) is 12.2 Å². The van der Waals surface area contributed by atoms with Crippen LogP contribution in [0.15, 0.2) is 12.1 Å². The number of nitrogens with one attached hydrogen (secondary N) is 1. The number of aromatic nitrogens is 4. The maximum Gasteiger partial charge on any atom is 0.177 e. The van der Waals surface area contributed by atoms with E-state index in [2.05, 4.69) is 34.5 Å². The van der Waals surface area contributed by atoms with Crippen molar-refractivity contribution in [2.24, 2.45) is 5.92 Å². The molecule has 2 aromatic heterocycles. The molecule has 0 amide bonds. The fourth-order valence-corrected chi connectivity index (χ4v) is 1.67. The van der Waals surface area contributed by atoms with Crippen LogP contribution in [0.3, 0.4) is 0 Å². The highest BCUT2D eigenvalue weighted by Gasteiger charge is 2.07. The second kappa shape index (κ2) is 4.57. The molecule has 5 heteroatoms. The van der Waals surface area contributed by atoms with E-state index in [0.717, 1.165) is 23.6 Å². The van der Waals surface area contributed by atoms with Crippen LogP contribution < -0.4 is 5.32 Å². The molecule has 0 aliphatic carbocycles. The lowest BCUT2D eigenvalue weighted by Crippen LogP contribution is -2.11. The van der Waals surface area contributed by atoms with Gasteiger partial charge in [-0.25, -0.2) is 0 Å². The molecule has 0 saturated carbocycles. The monoisotopic (exact) mass is 219 g/mol. The zero-order valence-corrected chi connectivity index (χ0v) is 9.94. The summed E-state index contributed by atoms with van der Waals surface area (Å²) in [7, 11) is 1.89. The molecular weight excluding hydrogens is 202 g/mol. The van der Waals surface area contributed by atoms with Crippen LogP contribution >= 0.6 is 0 Å². The topological polar surface area (TPSA) is 55.1 Å². The van der Waals surface area contributed by atoms with Crippen LogP contribution in [0.1, 0.15) is 25.4 Å². The van der Waals surface area contributed by atoms with Gasteiger partial charge in [-0.3, -0.25) is 0 Å². The van der Waals surface area contributed by atoms with Gasteiger partial charge in [0.2, 0.25) is 0 Å². The van der Waals surface area contributed by atoms with Crippen LogP contribution in [0, 0.1) is 5.92 Å². The van der Waals surface area contributed by atoms with Gasteiger partial charge < -0.3 is 5.32 Å². The Morgan fingerprint density at radius 2 is 2.12 bits per heavy atom. The Morgan fingerprint density at radius 1 is 1.31 bits per heavy atom. The number of rotatable bonds is 4. The third-order valence-electron chi connectivity index (χ3n) is 2.33. The minimum Gasteiger partial charge on any atom is -0.313 e. The van der Waals surface area contributed by atoms with Crippen molar-refractivity contribution in [3.05, 3.63) is 23.7 Å². The van der Waals surface area contributed by atoms with Crippen molar-refractivity contribution in [3.63, 3.8) is 0 Å². The van der Waals surface area contributed by atoms with E-state index in [1.165, 1.54) is 0 Å². The van der Waals surface area contributed by atoms with Crippen LogP contribution in [0.4, 0.5) is 0 Å². The summed E-state index contributed by atoms with van der Waals surface area (Å²) < 4.78 is 1.81. The summed E-state index contributed by atoms with van der Waals surface area (Å²) in [5.41, 5.74) is 1.89. The quantitative estimate of drug-likeness (QED) is 0.835. The first kappa shape index (κ1) is 11.0. The fourth-order valence-electron chi connectivity index (χ4n) is 1.67. The Kier molecular flexibility index (Phi) is 3.14. The lowest BCUT2D eigenvalue weighted by Gasteiger charge is -2.04. The molecule has 5 nitrogen and oxygen atoms in total. The zero-order chi connectivity index (χ0) is 11.5. The standard InChI is InChI=1S/C11H17N5/c1-8(2)6-9-4-5-10-13-14-11(7-12-3)16(10)15-9/h4-5,8,12H,6-7H2,1-3H3. The number of fused-ring (bicyclic) bond motifs is 1. The minimum absolute atomic E-state index is 0.606. The van der Waals surface area contributed by atoms with Crippen molar-refractivity contribution >= 4 is 5.65 Å². The van der Waals surface area contributed by atoms with Crippen LogP contribution in [0.25, 0.3) is 5.65 Å². The Bertz CT molecular complexity index is 474. The summed E-state index contributed by atoms with van der Waals surface area (Å²) in [6.45, 7) is 5.05. The molecule has 2 rings (SSSR count). The maximum absolute atomic E-state index is 4.55. The summed E-state index contributed by atoms with van der Waals surface area (Å²) in [6, 6.07) is 3.99. The molecule has 0 aliphatic heterocycles. The van der Waals surface area contributed by atoms with E-state index >= 15 is 0 Å². The Hall–Kier alpha value is -1.49. The first-order valence-corrected chi connectivity index (χ1v) is 5.55. The SMILES string of the molecule is CNCc1nnc2ccc(CC(C)C)nn12. The smallest absolute Gasteiger partial charge is 0.177 e. The third kappa shape index (κ3) is 2.19. The van der Waals surface area contributed by atoms with E-state index in [0.29, 0.717) is 12.5 Å². The van der Waals surface area contributed by atoms with Gasteiger partial charge in [-0.15, -0.1) is 10.2 Å². The summed E-state index contributed by atoms with van der Waals surface area (Å²) in [4.78, 5) is 0. The number of nitrogens with zero attached hydrogens (tertiary/aromatic N) is 4. The maximum atomic E-state index is 4.55. The van der Waals surface area contributed by atoms with E-state index in [1.807, 2.05) is 23.7 Å². The van der Waals surface area contributed by atoms with E-state index < -0.39 is 0 Å². The highest BCUT2D eigenvalue weighted by atomic mass is 15.4. The van der Waals surface area contributed by atoms with Gasteiger partial charge in [0.15, 0.2) is 11.5 Å². The largest absolute Gasteiger partial charge is 0.313 e. The van der Waals surface area contributed by atoms with Gasteiger partial charge in [-0.2, -0.15) is 9.61 Å². The lowest BCUT2D eigenvalue weighted by molar-refractivity contribution is 0.617. The van der Waals surface area contributed by atoms with Gasteiger partial charge in [-0.05, 0) is 31.5 Å². The second-order valence-corrected chi connectivity index (χ2v) is 4.34. The van der Waals surface area contributed by atoms with Gasteiger partial charge >= 0.3 is 0 Å². The van der Waals surface area contributed by atoms with Crippen molar-refractivity contribution < 1.29 is 0 Å². The molecule has 0 saturated heterocycles. The molecule has 2 heterocycles. The molecule has 16 heavy (non-hydrogen) atoms. The number of hydrogen-bond donors (Lipinski definition) is 1. The molecule has 0 atom stereocenters. The van der Waals surface area contributed by atoms with Crippen LogP contribution in [0.2, 0.25) is 0 Å². The molecule has 86 valence electrons. The van der Waals surface area contributed by atoms with Crippen molar-refractivity contribution in [1.29, 1.82) is 0 Å². The molecule has 0 fully saturated rings. The highest BCUT2D eigenvalue weighted by molar-refractivity contribution is 5.36. The van der Waals surface area contributed by atoms with Gasteiger partial charge in [-0.1, -0.05) is 13.8 Å². The van der Waals surface area contributed by atoms with Crippen LogP contribution in [0.5, 0.6) is 0 Å². The molecule has 0 spiro atoms. The van der Waals surface area contributed by atoms with E-state index in [1.54, 1.807) is 0 Å². The van der Waals surface area contributed by atoms with Crippen molar-refractivity contribution in [2.45, 2.75) is 26.8 Å².